The van der Waals surface area contributed by atoms with E-state index < -0.39 is 0 Å². The van der Waals surface area contributed by atoms with E-state index in [9.17, 15) is 9.18 Å². The molecule has 3 aliphatic rings. The number of halogens is 1. The normalized spacial score (nSPS) is 25.4. The van der Waals surface area contributed by atoms with E-state index in [2.05, 4.69) is 9.55 Å². The van der Waals surface area contributed by atoms with Gasteiger partial charge in [-0.2, -0.15) is 0 Å². The first-order valence-electron chi connectivity index (χ1n) is 8.87. The van der Waals surface area contributed by atoms with Crippen LogP contribution in [0.2, 0.25) is 0 Å². The van der Waals surface area contributed by atoms with Crippen LogP contribution in [0.25, 0.3) is 11.3 Å². The Morgan fingerprint density at radius 1 is 1.32 bits per heavy atom. The molecular weight excluding hydrogens is 321 g/mol. The molecule has 6 heteroatoms. The molecule has 130 valence electrons. The number of amides is 1. The topological polar surface area (TPSA) is 47.4 Å². The molecule has 5 rings (SSSR count). The van der Waals surface area contributed by atoms with Crippen molar-refractivity contribution in [3.63, 3.8) is 0 Å². The molecular formula is C19H20FN3O2. The minimum Gasteiger partial charge on any atom is -0.363 e. The average molecular weight is 341 g/mol. The summed E-state index contributed by atoms with van der Waals surface area (Å²) >= 11 is 0. The molecule has 0 unspecified atom stereocenters. The van der Waals surface area contributed by atoms with E-state index in [1.54, 1.807) is 12.3 Å². The number of nitrogens with zero attached hydrogens (tertiary/aromatic N) is 3. The number of ether oxygens (including phenoxy) is 1. The molecule has 1 spiro atoms. The fourth-order valence-corrected chi connectivity index (χ4v) is 4.00. The summed E-state index contributed by atoms with van der Waals surface area (Å²) in [6, 6.07) is 6.59. The van der Waals surface area contributed by atoms with Gasteiger partial charge in [0.05, 0.1) is 25.0 Å². The molecule has 1 saturated carbocycles. The Morgan fingerprint density at radius 3 is 3.00 bits per heavy atom. The van der Waals surface area contributed by atoms with Gasteiger partial charge >= 0.3 is 0 Å². The third-order valence-corrected chi connectivity index (χ3v) is 5.57. The maximum atomic E-state index is 13.6. The highest BCUT2D eigenvalue weighted by Gasteiger charge is 2.46. The van der Waals surface area contributed by atoms with Gasteiger partial charge in [-0.3, -0.25) is 4.79 Å². The Bertz CT molecular complexity index is 845. The van der Waals surface area contributed by atoms with Crippen LogP contribution in [-0.2, 0) is 22.7 Å². The molecule has 1 aromatic heterocycles. The average Bonchev–Trinajstić information content (AvgIpc) is 3.26. The van der Waals surface area contributed by atoms with Gasteiger partial charge in [-0.1, -0.05) is 12.1 Å². The molecule has 2 aliphatic heterocycles. The third kappa shape index (κ3) is 2.56. The lowest BCUT2D eigenvalue weighted by atomic mass is 10.0. The van der Waals surface area contributed by atoms with Crippen molar-refractivity contribution in [3.05, 3.63) is 42.1 Å². The first-order chi connectivity index (χ1) is 12.1. The predicted molar refractivity (Wildman–Crippen MR) is 89.1 cm³/mol. The van der Waals surface area contributed by atoms with Crippen LogP contribution in [0, 0.1) is 11.7 Å². The quantitative estimate of drug-likeness (QED) is 0.844. The van der Waals surface area contributed by atoms with Crippen molar-refractivity contribution in [2.45, 2.75) is 38.0 Å². The van der Waals surface area contributed by atoms with Gasteiger partial charge in [0.25, 0.3) is 0 Å². The van der Waals surface area contributed by atoms with Crippen LogP contribution in [0.4, 0.5) is 4.39 Å². The summed E-state index contributed by atoms with van der Waals surface area (Å²) in [6.45, 7) is 2.49. The fourth-order valence-electron chi connectivity index (χ4n) is 4.00. The fraction of sp³-hybridized carbons (Fsp3) is 0.474. The number of hydrogen-bond acceptors (Lipinski definition) is 3. The summed E-state index contributed by atoms with van der Waals surface area (Å²) in [7, 11) is 0. The molecule has 1 amide bonds. The van der Waals surface area contributed by atoms with Gasteiger partial charge in [-0.25, -0.2) is 9.37 Å². The molecule has 3 heterocycles. The number of benzene rings is 1. The number of rotatable bonds is 2. The smallest absolute Gasteiger partial charge is 0.225 e. The van der Waals surface area contributed by atoms with Crippen molar-refractivity contribution in [1.82, 2.24) is 14.5 Å². The van der Waals surface area contributed by atoms with Crippen molar-refractivity contribution in [1.29, 1.82) is 0 Å². The third-order valence-electron chi connectivity index (χ3n) is 5.57. The Kier molecular flexibility index (Phi) is 3.25. The lowest BCUT2D eigenvalue weighted by Crippen LogP contribution is -2.45. The zero-order chi connectivity index (χ0) is 17.0. The van der Waals surface area contributed by atoms with Crippen LogP contribution in [0.1, 0.15) is 25.1 Å². The van der Waals surface area contributed by atoms with Crippen LogP contribution >= 0.6 is 0 Å². The second-order valence-corrected chi connectivity index (χ2v) is 7.41. The number of fused-ring (bicyclic) bond motifs is 1. The van der Waals surface area contributed by atoms with E-state index in [1.165, 1.54) is 12.1 Å². The van der Waals surface area contributed by atoms with Crippen LogP contribution < -0.4 is 0 Å². The number of imidazole rings is 1. The molecule has 1 aromatic carbocycles. The van der Waals surface area contributed by atoms with E-state index in [0.29, 0.717) is 19.7 Å². The first kappa shape index (κ1) is 15.1. The van der Waals surface area contributed by atoms with E-state index in [4.69, 9.17) is 4.74 Å². The second-order valence-electron chi connectivity index (χ2n) is 7.41. The van der Waals surface area contributed by atoms with Crippen molar-refractivity contribution in [3.8, 4) is 11.3 Å². The summed E-state index contributed by atoms with van der Waals surface area (Å²) in [5, 5.41) is 0. The van der Waals surface area contributed by atoms with Crippen molar-refractivity contribution in [2.75, 3.05) is 13.1 Å². The Labute approximate surface area is 145 Å². The SMILES string of the molecule is O=C(C1CC1)N1CC[C@@]2(C1)Cn1c(-c3cccc(F)c3)cnc1CO2. The maximum Gasteiger partial charge on any atom is 0.225 e. The number of carbonyl (C=O) groups is 1. The number of hydrogen-bond donors (Lipinski definition) is 0. The summed E-state index contributed by atoms with van der Waals surface area (Å²) in [6.07, 6.45) is 4.68. The molecule has 1 aliphatic carbocycles. The highest BCUT2D eigenvalue weighted by Crippen LogP contribution is 2.38. The van der Waals surface area contributed by atoms with Crippen LogP contribution in [-0.4, -0.2) is 39.0 Å². The largest absolute Gasteiger partial charge is 0.363 e. The van der Waals surface area contributed by atoms with Crippen molar-refractivity contribution >= 4 is 5.91 Å². The number of likely N-dealkylation sites (tertiary alicyclic amines) is 1. The summed E-state index contributed by atoms with van der Waals surface area (Å²) in [5.41, 5.74) is 1.38. The molecule has 0 radical (unpaired) electrons. The van der Waals surface area contributed by atoms with Gasteiger partial charge in [0.2, 0.25) is 5.91 Å². The van der Waals surface area contributed by atoms with Gasteiger partial charge in [-0.05, 0) is 31.4 Å². The summed E-state index contributed by atoms with van der Waals surface area (Å²) < 4.78 is 21.9. The molecule has 0 N–H and O–H groups in total. The van der Waals surface area contributed by atoms with Crippen molar-refractivity contribution < 1.29 is 13.9 Å². The van der Waals surface area contributed by atoms with Gasteiger partial charge in [0.15, 0.2) is 0 Å². The maximum absolute atomic E-state index is 13.6. The lowest BCUT2D eigenvalue weighted by molar-refractivity contribution is -0.134. The molecule has 25 heavy (non-hydrogen) atoms. The molecule has 2 aromatic rings. The summed E-state index contributed by atoms with van der Waals surface area (Å²) in [5.74, 6) is 1.13. The zero-order valence-electron chi connectivity index (χ0n) is 13.9. The van der Waals surface area contributed by atoms with Crippen molar-refractivity contribution in [2.24, 2.45) is 5.92 Å². The second kappa shape index (κ2) is 5.39. The Balaban J connectivity index is 1.43. The molecule has 0 bridgehead atoms. The van der Waals surface area contributed by atoms with Gasteiger partial charge in [-0.15, -0.1) is 0 Å². The van der Waals surface area contributed by atoms with Crippen LogP contribution in [0.5, 0.6) is 0 Å². The Morgan fingerprint density at radius 2 is 2.20 bits per heavy atom. The molecule has 2 fully saturated rings. The number of carbonyl (C=O) groups excluding carboxylic acids is 1. The molecule has 1 atom stereocenters. The van der Waals surface area contributed by atoms with E-state index >= 15 is 0 Å². The molecule has 5 nitrogen and oxygen atoms in total. The van der Waals surface area contributed by atoms with Gasteiger partial charge in [0.1, 0.15) is 23.8 Å². The van der Waals surface area contributed by atoms with E-state index in [1.807, 2.05) is 11.0 Å². The Hall–Kier alpha value is -2.21. The standard InChI is InChI=1S/C19H20FN3O2/c20-15-3-1-2-14(8-15)16-9-21-17-10-25-19(12-23(16)17)6-7-22(11-19)18(24)13-4-5-13/h1-3,8-9,13H,4-7,10-12H2/t19-/m1/s1. The molecule has 1 saturated heterocycles. The highest BCUT2D eigenvalue weighted by molar-refractivity contribution is 5.81. The minimum atomic E-state index is -0.347. The first-order valence-corrected chi connectivity index (χ1v) is 8.87. The predicted octanol–water partition coefficient (Wildman–Crippen LogP) is 2.60. The minimum absolute atomic E-state index is 0.241. The van der Waals surface area contributed by atoms with Gasteiger partial charge in [0, 0.05) is 18.0 Å². The van der Waals surface area contributed by atoms with Crippen LogP contribution in [0.3, 0.4) is 0 Å². The summed E-state index contributed by atoms with van der Waals surface area (Å²) in [4.78, 5) is 18.8. The van der Waals surface area contributed by atoms with Gasteiger partial charge < -0.3 is 14.2 Å². The lowest BCUT2D eigenvalue weighted by Gasteiger charge is -2.35. The highest BCUT2D eigenvalue weighted by atomic mass is 19.1. The van der Waals surface area contributed by atoms with E-state index in [-0.39, 0.29) is 23.2 Å². The van der Waals surface area contributed by atoms with Crippen LogP contribution in [0.15, 0.2) is 30.5 Å². The monoisotopic (exact) mass is 341 g/mol. The zero-order valence-corrected chi connectivity index (χ0v) is 13.9. The number of aromatic nitrogens is 2. The van der Waals surface area contributed by atoms with E-state index in [0.717, 1.165) is 42.9 Å².